The van der Waals surface area contributed by atoms with Crippen LogP contribution in [0.1, 0.15) is 76.5 Å². The number of carboxylic acids is 1. The van der Waals surface area contributed by atoms with E-state index in [2.05, 4.69) is 19.9 Å². The molecule has 0 radical (unpaired) electrons. The Hall–Kier alpha value is -3.02. The Morgan fingerprint density at radius 2 is 1.63 bits per heavy atom. The summed E-state index contributed by atoms with van der Waals surface area (Å²) in [6.45, 7) is 10.8. The maximum absolute atomic E-state index is 13.4. The lowest BCUT2D eigenvalue weighted by atomic mass is 9.95. The summed E-state index contributed by atoms with van der Waals surface area (Å²) in [5.41, 5.74) is -0.719. The predicted molar refractivity (Wildman–Crippen MR) is 137 cm³/mol. The van der Waals surface area contributed by atoms with Gasteiger partial charge in [0.2, 0.25) is 0 Å². The molecule has 4 rings (SSSR count). The van der Waals surface area contributed by atoms with Crippen LogP contribution in [0.5, 0.6) is 0 Å². The second-order valence-electron chi connectivity index (χ2n) is 10.8. The number of aromatic nitrogens is 4. The highest BCUT2D eigenvalue weighted by atomic mass is 19.4. The standard InChI is InChI=1S/C24H33F3N6O.C2H4O2/c1-23(2,3)21-29-19(24(25,26)27)16-20(30-21)32-14-12-31(13-15-32)9-4-5-10-33-11-8-18(17-6-7-17)28-22(33)34;1-2(3)4/h8,11,16-17H,4-7,9-10,12-15H2,1-3H3;1H3,(H,3,4). The van der Waals surface area contributed by atoms with Crippen LogP contribution in [0.25, 0.3) is 0 Å². The highest BCUT2D eigenvalue weighted by molar-refractivity contribution is 5.62. The zero-order valence-electron chi connectivity index (χ0n) is 22.5. The van der Waals surface area contributed by atoms with E-state index in [-0.39, 0.29) is 11.5 Å². The SMILES string of the molecule is CC(=O)O.CC(C)(C)c1nc(N2CCN(CCCCn3ccc(C4CC4)nc3=O)CC2)cc(C(F)(F)F)n1. The van der Waals surface area contributed by atoms with Crippen molar-refractivity contribution in [2.24, 2.45) is 0 Å². The quantitative estimate of drug-likeness (QED) is 0.529. The number of piperazine rings is 1. The molecule has 1 aliphatic carbocycles. The Morgan fingerprint density at radius 1 is 1.03 bits per heavy atom. The van der Waals surface area contributed by atoms with Crippen LogP contribution in [0, 0.1) is 0 Å². The van der Waals surface area contributed by atoms with Crippen molar-refractivity contribution in [3.05, 3.63) is 46.0 Å². The summed E-state index contributed by atoms with van der Waals surface area (Å²) < 4.78 is 41.9. The average Bonchev–Trinajstić information content (AvgIpc) is 3.67. The van der Waals surface area contributed by atoms with E-state index in [0.29, 0.717) is 31.4 Å². The van der Waals surface area contributed by atoms with E-state index in [0.717, 1.165) is 64.0 Å². The second kappa shape index (κ2) is 12.2. The van der Waals surface area contributed by atoms with Gasteiger partial charge in [0.15, 0.2) is 0 Å². The molecule has 0 spiro atoms. The summed E-state index contributed by atoms with van der Waals surface area (Å²) in [5.74, 6) is 0.187. The van der Waals surface area contributed by atoms with Crippen molar-refractivity contribution in [2.45, 2.75) is 77.4 Å². The number of hydrogen-bond acceptors (Lipinski definition) is 7. The van der Waals surface area contributed by atoms with Crippen molar-refractivity contribution in [1.29, 1.82) is 0 Å². The van der Waals surface area contributed by atoms with Gasteiger partial charge in [-0.2, -0.15) is 18.2 Å². The van der Waals surface area contributed by atoms with Crippen molar-refractivity contribution in [1.82, 2.24) is 24.4 Å². The summed E-state index contributed by atoms with van der Waals surface area (Å²) in [5, 5.41) is 7.42. The van der Waals surface area contributed by atoms with E-state index < -0.39 is 23.3 Å². The lowest BCUT2D eigenvalue weighted by molar-refractivity contribution is -0.141. The van der Waals surface area contributed by atoms with Gasteiger partial charge in [0.25, 0.3) is 5.97 Å². The molecular formula is C26H37F3N6O3. The van der Waals surface area contributed by atoms with E-state index in [1.807, 2.05) is 37.9 Å². The van der Waals surface area contributed by atoms with Gasteiger partial charge in [-0.1, -0.05) is 20.8 Å². The van der Waals surface area contributed by atoms with Crippen LogP contribution in [0.15, 0.2) is 23.1 Å². The highest BCUT2D eigenvalue weighted by Gasteiger charge is 2.36. The number of aryl methyl sites for hydroxylation is 1. The summed E-state index contributed by atoms with van der Waals surface area (Å²) >= 11 is 0. The molecule has 2 aliphatic rings. The molecule has 0 amide bonds. The molecule has 2 aromatic rings. The maximum Gasteiger partial charge on any atom is 0.433 e. The van der Waals surface area contributed by atoms with Crippen molar-refractivity contribution >= 4 is 11.8 Å². The maximum atomic E-state index is 13.4. The number of rotatable bonds is 7. The van der Waals surface area contributed by atoms with Gasteiger partial charge in [-0.15, -0.1) is 0 Å². The lowest BCUT2D eigenvalue weighted by Gasteiger charge is -2.36. The molecule has 0 bridgehead atoms. The Balaban J connectivity index is 0.000000934. The molecule has 0 aromatic carbocycles. The number of hydrogen-bond donors (Lipinski definition) is 1. The third-order valence-electron chi connectivity index (χ3n) is 6.38. The summed E-state index contributed by atoms with van der Waals surface area (Å²) in [6, 6.07) is 3.02. The van der Waals surface area contributed by atoms with Crippen molar-refractivity contribution in [3.63, 3.8) is 0 Å². The summed E-state index contributed by atoms with van der Waals surface area (Å²) in [4.78, 5) is 37.8. The highest BCUT2D eigenvalue weighted by Crippen LogP contribution is 2.38. The topological polar surface area (TPSA) is 104 Å². The minimum atomic E-state index is -4.50. The third kappa shape index (κ3) is 8.78. The minimum Gasteiger partial charge on any atom is -0.481 e. The van der Waals surface area contributed by atoms with Crippen LogP contribution in [-0.2, 0) is 22.9 Å². The summed E-state index contributed by atoms with van der Waals surface area (Å²) in [6.07, 6.45) is 1.42. The van der Waals surface area contributed by atoms with E-state index in [9.17, 15) is 18.0 Å². The van der Waals surface area contributed by atoms with Crippen molar-refractivity contribution in [3.8, 4) is 0 Å². The van der Waals surface area contributed by atoms with Gasteiger partial charge in [-0.05, 0) is 38.3 Å². The van der Waals surface area contributed by atoms with Gasteiger partial charge in [-0.25, -0.2) is 14.8 Å². The second-order valence-corrected chi connectivity index (χ2v) is 10.8. The Labute approximate surface area is 220 Å². The first kappa shape index (κ1) is 29.5. The monoisotopic (exact) mass is 538 g/mol. The molecule has 0 unspecified atom stereocenters. The lowest BCUT2D eigenvalue weighted by Crippen LogP contribution is -2.47. The van der Waals surface area contributed by atoms with Gasteiger partial charge in [0.05, 0.1) is 5.69 Å². The predicted octanol–water partition coefficient (Wildman–Crippen LogP) is 3.92. The van der Waals surface area contributed by atoms with Gasteiger partial charge in [0.1, 0.15) is 17.3 Å². The molecule has 3 heterocycles. The Morgan fingerprint density at radius 3 is 2.16 bits per heavy atom. The van der Waals surface area contributed by atoms with E-state index >= 15 is 0 Å². The fourth-order valence-electron chi connectivity index (χ4n) is 4.11. The van der Waals surface area contributed by atoms with E-state index in [4.69, 9.17) is 9.90 Å². The fraction of sp³-hybridized carbons (Fsp3) is 0.654. The average molecular weight is 539 g/mol. The molecular weight excluding hydrogens is 501 g/mol. The Bertz CT molecular complexity index is 1110. The molecule has 9 nitrogen and oxygen atoms in total. The van der Waals surface area contributed by atoms with Crippen LogP contribution in [-0.4, -0.2) is 68.2 Å². The number of halogens is 3. The molecule has 2 aromatic heterocycles. The van der Waals surface area contributed by atoms with Crippen molar-refractivity contribution < 1.29 is 23.1 Å². The minimum absolute atomic E-state index is 0.171. The van der Waals surface area contributed by atoms with Crippen LogP contribution in [0.3, 0.4) is 0 Å². The van der Waals surface area contributed by atoms with Gasteiger partial charge in [-0.3, -0.25) is 14.3 Å². The van der Waals surface area contributed by atoms with Gasteiger partial charge in [0, 0.05) is 63.2 Å². The molecule has 1 saturated carbocycles. The van der Waals surface area contributed by atoms with Gasteiger partial charge < -0.3 is 10.0 Å². The zero-order valence-corrected chi connectivity index (χ0v) is 22.5. The van der Waals surface area contributed by atoms with Crippen LogP contribution >= 0.6 is 0 Å². The molecule has 2 fully saturated rings. The number of carboxylic acid groups (broad SMARTS) is 1. The molecule has 1 saturated heterocycles. The number of unbranched alkanes of at least 4 members (excludes halogenated alkanes) is 1. The third-order valence-corrected chi connectivity index (χ3v) is 6.38. The zero-order chi connectivity index (χ0) is 28.1. The van der Waals surface area contributed by atoms with E-state index in [1.54, 1.807) is 4.57 Å². The Kier molecular flexibility index (Phi) is 9.50. The summed E-state index contributed by atoms with van der Waals surface area (Å²) in [7, 11) is 0. The van der Waals surface area contributed by atoms with Gasteiger partial charge >= 0.3 is 11.9 Å². The van der Waals surface area contributed by atoms with Crippen LogP contribution < -0.4 is 10.6 Å². The largest absolute Gasteiger partial charge is 0.481 e. The molecule has 38 heavy (non-hydrogen) atoms. The first-order valence-electron chi connectivity index (χ1n) is 12.9. The van der Waals surface area contributed by atoms with Crippen LogP contribution in [0.4, 0.5) is 19.0 Å². The molecule has 0 atom stereocenters. The number of alkyl halides is 3. The smallest absolute Gasteiger partial charge is 0.433 e. The number of nitrogens with zero attached hydrogens (tertiary/aromatic N) is 6. The number of aliphatic carboxylic acids is 1. The molecule has 1 aliphatic heterocycles. The normalized spacial score (nSPS) is 16.7. The van der Waals surface area contributed by atoms with E-state index in [1.165, 1.54) is 0 Å². The number of carbonyl (C=O) groups is 1. The van der Waals surface area contributed by atoms with Crippen molar-refractivity contribution in [2.75, 3.05) is 37.6 Å². The first-order chi connectivity index (χ1) is 17.7. The van der Waals surface area contributed by atoms with Crippen LogP contribution in [0.2, 0.25) is 0 Å². The molecule has 1 N–H and O–H groups in total. The fourth-order valence-corrected chi connectivity index (χ4v) is 4.11. The molecule has 210 valence electrons. The number of anilines is 1. The molecule has 12 heteroatoms. The first-order valence-corrected chi connectivity index (χ1v) is 12.9.